The van der Waals surface area contributed by atoms with Gasteiger partial charge in [0.25, 0.3) is 0 Å². The standard InChI is InChI=1S/C16H9BrF3NO/c17-11-7-5-10(6-8-11)13(9-21)15(22)12-3-1-2-4-14(12)16(18,19)20/h1-8,22H. The third-order valence-corrected chi connectivity index (χ3v) is 3.50. The first-order valence-corrected chi connectivity index (χ1v) is 6.89. The summed E-state index contributed by atoms with van der Waals surface area (Å²) < 4.78 is 39.8. The zero-order chi connectivity index (χ0) is 16.3. The van der Waals surface area contributed by atoms with Gasteiger partial charge in [0.05, 0.1) is 5.56 Å². The van der Waals surface area contributed by atoms with Crippen LogP contribution in [0.25, 0.3) is 11.3 Å². The van der Waals surface area contributed by atoms with Crippen molar-refractivity contribution in [3.8, 4) is 6.07 Å². The Labute approximate surface area is 133 Å². The van der Waals surface area contributed by atoms with Crippen LogP contribution in [0.4, 0.5) is 13.2 Å². The van der Waals surface area contributed by atoms with Crippen LogP contribution >= 0.6 is 15.9 Å². The fourth-order valence-corrected chi connectivity index (χ4v) is 2.21. The number of allylic oxidation sites excluding steroid dienone is 1. The molecule has 0 saturated carbocycles. The number of alkyl halides is 3. The van der Waals surface area contributed by atoms with Crippen molar-refractivity contribution < 1.29 is 18.3 Å². The van der Waals surface area contributed by atoms with Crippen LogP contribution < -0.4 is 0 Å². The molecule has 0 atom stereocenters. The van der Waals surface area contributed by atoms with Gasteiger partial charge in [-0.1, -0.05) is 46.3 Å². The maximum absolute atomic E-state index is 13.0. The number of benzene rings is 2. The zero-order valence-electron chi connectivity index (χ0n) is 11.0. The predicted octanol–water partition coefficient (Wildman–Crippen LogP) is 5.42. The van der Waals surface area contributed by atoms with Crippen LogP contribution in [0, 0.1) is 11.3 Å². The van der Waals surface area contributed by atoms with Crippen molar-refractivity contribution in [1.82, 2.24) is 0 Å². The molecule has 0 fully saturated rings. The molecule has 0 saturated heterocycles. The number of hydrogen-bond acceptors (Lipinski definition) is 2. The van der Waals surface area contributed by atoms with Gasteiger partial charge < -0.3 is 5.11 Å². The Bertz CT molecular complexity index is 758. The molecule has 22 heavy (non-hydrogen) atoms. The number of aliphatic hydroxyl groups excluding tert-OH is 1. The first-order chi connectivity index (χ1) is 10.3. The Hall–Kier alpha value is -2.26. The summed E-state index contributed by atoms with van der Waals surface area (Å²) in [7, 11) is 0. The molecule has 0 bridgehead atoms. The Morgan fingerprint density at radius 3 is 2.18 bits per heavy atom. The highest BCUT2D eigenvalue weighted by Gasteiger charge is 2.34. The Kier molecular flexibility index (Phi) is 4.57. The number of rotatable bonds is 2. The van der Waals surface area contributed by atoms with Crippen molar-refractivity contribution in [3.05, 3.63) is 69.7 Å². The van der Waals surface area contributed by atoms with Gasteiger partial charge in [0, 0.05) is 10.0 Å². The highest BCUT2D eigenvalue weighted by atomic mass is 79.9. The first kappa shape index (κ1) is 16.1. The molecule has 0 aromatic heterocycles. The lowest BCUT2D eigenvalue weighted by molar-refractivity contribution is -0.137. The second kappa shape index (κ2) is 6.24. The fraction of sp³-hybridized carbons (Fsp3) is 0.0625. The van der Waals surface area contributed by atoms with E-state index in [-0.39, 0.29) is 5.57 Å². The van der Waals surface area contributed by atoms with Gasteiger partial charge in [-0.3, -0.25) is 0 Å². The fourth-order valence-electron chi connectivity index (χ4n) is 1.94. The van der Waals surface area contributed by atoms with Gasteiger partial charge in [-0.2, -0.15) is 18.4 Å². The summed E-state index contributed by atoms with van der Waals surface area (Å²) in [6.07, 6.45) is -4.62. The van der Waals surface area contributed by atoms with Crippen LogP contribution in [0.2, 0.25) is 0 Å². The average Bonchev–Trinajstić information content (AvgIpc) is 2.49. The summed E-state index contributed by atoms with van der Waals surface area (Å²) in [5, 5.41) is 19.4. The van der Waals surface area contributed by atoms with Crippen LogP contribution in [0.15, 0.2) is 53.0 Å². The van der Waals surface area contributed by atoms with E-state index in [1.807, 2.05) is 0 Å². The molecule has 0 aliphatic carbocycles. The van der Waals surface area contributed by atoms with Crippen molar-refractivity contribution in [2.24, 2.45) is 0 Å². The van der Waals surface area contributed by atoms with Crippen LogP contribution in [0.5, 0.6) is 0 Å². The van der Waals surface area contributed by atoms with E-state index in [1.165, 1.54) is 24.3 Å². The lowest BCUT2D eigenvalue weighted by Gasteiger charge is -2.13. The van der Waals surface area contributed by atoms with E-state index in [0.717, 1.165) is 16.6 Å². The molecule has 2 rings (SSSR count). The first-order valence-electron chi connectivity index (χ1n) is 6.10. The summed E-state index contributed by atoms with van der Waals surface area (Å²) in [5.74, 6) is -0.697. The molecule has 0 radical (unpaired) electrons. The molecule has 0 aliphatic rings. The second-order valence-corrected chi connectivity index (χ2v) is 5.30. The molecular formula is C16H9BrF3NO. The SMILES string of the molecule is N#CC(=C(O)c1ccccc1C(F)(F)F)c1ccc(Br)cc1. The van der Waals surface area contributed by atoms with Gasteiger partial charge >= 0.3 is 6.18 Å². The Balaban J connectivity index is 2.65. The van der Waals surface area contributed by atoms with Gasteiger partial charge in [0.2, 0.25) is 0 Å². The molecule has 1 N–H and O–H groups in total. The van der Waals surface area contributed by atoms with Crippen LogP contribution in [-0.2, 0) is 6.18 Å². The third-order valence-electron chi connectivity index (χ3n) is 2.97. The van der Waals surface area contributed by atoms with Crippen molar-refractivity contribution in [2.45, 2.75) is 6.18 Å². The molecule has 0 spiro atoms. The Morgan fingerprint density at radius 2 is 1.64 bits per heavy atom. The van der Waals surface area contributed by atoms with Crippen LogP contribution in [0.1, 0.15) is 16.7 Å². The third kappa shape index (κ3) is 3.31. The summed E-state index contributed by atoms with van der Waals surface area (Å²) in [5.41, 5.74) is -1.30. The van der Waals surface area contributed by atoms with Crippen molar-refractivity contribution in [3.63, 3.8) is 0 Å². The molecule has 0 amide bonds. The molecule has 2 nitrogen and oxygen atoms in total. The Morgan fingerprint density at radius 1 is 1.05 bits per heavy atom. The van der Waals surface area contributed by atoms with Crippen LogP contribution in [0.3, 0.4) is 0 Å². The van der Waals surface area contributed by atoms with E-state index in [0.29, 0.717) is 5.56 Å². The topological polar surface area (TPSA) is 44.0 Å². The molecule has 0 heterocycles. The van der Waals surface area contributed by atoms with E-state index < -0.39 is 23.1 Å². The largest absolute Gasteiger partial charge is 0.506 e. The van der Waals surface area contributed by atoms with E-state index in [9.17, 15) is 23.5 Å². The number of hydrogen-bond donors (Lipinski definition) is 1. The highest BCUT2D eigenvalue weighted by molar-refractivity contribution is 9.10. The lowest BCUT2D eigenvalue weighted by atomic mass is 9.98. The van der Waals surface area contributed by atoms with Gasteiger partial charge in [-0.15, -0.1) is 0 Å². The lowest BCUT2D eigenvalue weighted by Crippen LogP contribution is -2.09. The predicted molar refractivity (Wildman–Crippen MR) is 80.6 cm³/mol. The molecule has 0 aliphatic heterocycles. The summed E-state index contributed by atoms with van der Waals surface area (Å²) in [6, 6.07) is 12.7. The summed E-state index contributed by atoms with van der Waals surface area (Å²) in [4.78, 5) is 0. The van der Waals surface area contributed by atoms with Crippen molar-refractivity contribution >= 4 is 27.3 Å². The smallest absolute Gasteiger partial charge is 0.417 e. The zero-order valence-corrected chi connectivity index (χ0v) is 12.6. The maximum atomic E-state index is 13.0. The summed E-state index contributed by atoms with van der Waals surface area (Å²) in [6.45, 7) is 0. The minimum atomic E-state index is -4.62. The second-order valence-electron chi connectivity index (χ2n) is 4.39. The number of nitrogens with zero attached hydrogens (tertiary/aromatic N) is 1. The molecule has 6 heteroatoms. The van der Waals surface area contributed by atoms with E-state index in [4.69, 9.17) is 0 Å². The molecular weight excluding hydrogens is 359 g/mol. The molecule has 2 aromatic carbocycles. The van der Waals surface area contributed by atoms with Gasteiger partial charge in [0.1, 0.15) is 17.4 Å². The van der Waals surface area contributed by atoms with Crippen molar-refractivity contribution in [1.29, 1.82) is 5.26 Å². The number of halogens is 4. The van der Waals surface area contributed by atoms with Crippen LogP contribution in [-0.4, -0.2) is 5.11 Å². The summed E-state index contributed by atoms with van der Waals surface area (Å²) >= 11 is 3.23. The van der Waals surface area contributed by atoms with E-state index in [2.05, 4.69) is 15.9 Å². The molecule has 112 valence electrons. The van der Waals surface area contributed by atoms with E-state index >= 15 is 0 Å². The number of aliphatic hydroxyl groups is 1. The van der Waals surface area contributed by atoms with Gasteiger partial charge in [0.15, 0.2) is 0 Å². The molecule has 2 aromatic rings. The highest BCUT2D eigenvalue weighted by Crippen LogP contribution is 2.36. The number of nitriles is 1. The monoisotopic (exact) mass is 367 g/mol. The van der Waals surface area contributed by atoms with Gasteiger partial charge in [-0.25, -0.2) is 0 Å². The molecule has 0 unspecified atom stereocenters. The van der Waals surface area contributed by atoms with Gasteiger partial charge in [-0.05, 0) is 23.8 Å². The maximum Gasteiger partial charge on any atom is 0.417 e. The average molecular weight is 368 g/mol. The minimum absolute atomic E-state index is 0.218. The normalized spacial score (nSPS) is 12.5. The van der Waals surface area contributed by atoms with Crippen molar-refractivity contribution in [2.75, 3.05) is 0 Å². The quantitative estimate of drug-likeness (QED) is 0.437. The minimum Gasteiger partial charge on any atom is -0.506 e. The van der Waals surface area contributed by atoms with E-state index in [1.54, 1.807) is 18.2 Å².